The molecule has 0 bridgehead atoms. The van der Waals surface area contributed by atoms with E-state index >= 15 is 0 Å². The molecule has 104 valence electrons. The van der Waals surface area contributed by atoms with Crippen molar-refractivity contribution in [3.63, 3.8) is 0 Å². The van der Waals surface area contributed by atoms with Crippen LogP contribution in [0.15, 0.2) is 23.6 Å². The molecule has 0 radical (unpaired) electrons. The fourth-order valence-electron chi connectivity index (χ4n) is 1.59. The van der Waals surface area contributed by atoms with Crippen LogP contribution in [0.5, 0.6) is 5.75 Å². The summed E-state index contributed by atoms with van der Waals surface area (Å²) in [5.74, 6) is 0.493. The Bertz CT molecular complexity index is 653. The lowest BCUT2D eigenvalue weighted by atomic mass is 9.93. The minimum absolute atomic E-state index is 0.0304. The third-order valence-electron chi connectivity index (χ3n) is 2.76. The van der Waals surface area contributed by atoms with Crippen LogP contribution in [0.4, 0.5) is 0 Å². The van der Waals surface area contributed by atoms with Gasteiger partial charge in [-0.25, -0.2) is 4.98 Å². The highest BCUT2D eigenvalue weighted by atomic mass is 35.5. The van der Waals surface area contributed by atoms with Crippen molar-refractivity contribution in [3.05, 3.63) is 44.9 Å². The lowest BCUT2D eigenvalue weighted by Crippen LogP contribution is -2.11. The molecule has 1 aromatic heterocycles. The van der Waals surface area contributed by atoms with E-state index in [1.54, 1.807) is 29.5 Å². The lowest BCUT2D eigenvalue weighted by Gasteiger charge is -2.14. The molecule has 0 N–H and O–H groups in total. The number of hydrogen-bond acceptors (Lipinski definition) is 4. The first-order valence-corrected chi connectivity index (χ1v) is 7.44. The molecular weight excluding hydrogens is 292 g/mol. The molecule has 0 aliphatic heterocycles. The van der Waals surface area contributed by atoms with Gasteiger partial charge in [0.05, 0.1) is 10.7 Å². The van der Waals surface area contributed by atoms with Gasteiger partial charge in [-0.05, 0) is 12.1 Å². The molecule has 0 unspecified atom stereocenters. The highest BCUT2D eigenvalue weighted by Crippen LogP contribution is 2.28. The smallest absolute Gasteiger partial charge is 0.140 e. The summed E-state index contributed by atoms with van der Waals surface area (Å²) >= 11 is 7.52. The summed E-state index contributed by atoms with van der Waals surface area (Å²) < 4.78 is 5.66. The zero-order chi connectivity index (χ0) is 14.8. The first-order valence-electron chi connectivity index (χ1n) is 6.18. The number of thiazole rings is 1. The average molecular weight is 307 g/mol. The van der Waals surface area contributed by atoms with E-state index in [-0.39, 0.29) is 5.41 Å². The van der Waals surface area contributed by atoms with Crippen LogP contribution in [0.2, 0.25) is 5.02 Å². The van der Waals surface area contributed by atoms with Crippen LogP contribution in [-0.4, -0.2) is 4.98 Å². The highest BCUT2D eigenvalue weighted by Gasteiger charge is 2.17. The van der Waals surface area contributed by atoms with Crippen molar-refractivity contribution in [3.8, 4) is 11.8 Å². The number of nitrogens with zero attached hydrogens (tertiary/aromatic N) is 2. The maximum atomic E-state index is 9.08. The standard InChI is InChI=1S/C15H15ClN2OS/c1-15(2,3)13-9-20-14(18-13)8-19-12-6-4-5-11(16)10(12)7-17/h4-6,9H,8H2,1-3H3. The second-order valence-electron chi connectivity index (χ2n) is 5.39. The predicted octanol–water partition coefficient (Wildman–Crippen LogP) is 4.54. The monoisotopic (exact) mass is 306 g/mol. The first kappa shape index (κ1) is 14.8. The Labute approximate surface area is 127 Å². The van der Waals surface area contributed by atoms with Gasteiger partial charge in [-0.3, -0.25) is 0 Å². The molecule has 0 aliphatic rings. The van der Waals surface area contributed by atoms with Crippen molar-refractivity contribution >= 4 is 22.9 Å². The quantitative estimate of drug-likeness (QED) is 0.836. The van der Waals surface area contributed by atoms with E-state index in [0.717, 1.165) is 10.7 Å². The molecule has 3 nitrogen and oxygen atoms in total. The molecule has 0 fully saturated rings. The molecule has 2 aromatic rings. The summed E-state index contributed by atoms with van der Waals surface area (Å²) in [5, 5.41) is 12.4. The van der Waals surface area contributed by atoms with Gasteiger partial charge >= 0.3 is 0 Å². The zero-order valence-corrected chi connectivity index (χ0v) is 13.2. The van der Waals surface area contributed by atoms with Crippen molar-refractivity contribution in [2.24, 2.45) is 0 Å². The van der Waals surface area contributed by atoms with Gasteiger partial charge in [0, 0.05) is 10.8 Å². The van der Waals surface area contributed by atoms with Crippen molar-refractivity contribution in [1.29, 1.82) is 5.26 Å². The molecular formula is C15H15ClN2OS. The lowest BCUT2D eigenvalue weighted by molar-refractivity contribution is 0.304. The highest BCUT2D eigenvalue weighted by molar-refractivity contribution is 7.09. The van der Waals surface area contributed by atoms with Crippen molar-refractivity contribution in [2.45, 2.75) is 32.8 Å². The predicted molar refractivity (Wildman–Crippen MR) is 81.3 cm³/mol. The number of halogens is 1. The van der Waals surface area contributed by atoms with Gasteiger partial charge in [-0.2, -0.15) is 5.26 Å². The van der Waals surface area contributed by atoms with Gasteiger partial charge in [0.1, 0.15) is 29.0 Å². The molecule has 0 saturated carbocycles. The van der Waals surface area contributed by atoms with Crippen LogP contribution in [0.1, 0.15) is 37.0 Å². The Balaban J connectivity index is 2.12. The SMILES string of the molecule is CC(C)(C)c1csc(COc2cccc(Cl)c2C#N)n1. The molecule has 2 rings (SSSR count). The Morgan fingerprint density at radius 3 is 2.75 bits per heavy atom. The van der Waals surface area contributed by atoms with Crippen LogP contribution in [0, 0.1) is 11.3 Å². The van der Waals surface area contributed by atoms with Gasteiger partial charge in [0.2, 0.25) is 0 Å². The van der Waals surface area contributed by atoms with Crippen molar-refractivity contribution in [2.75, 3.05) is 0 Å². The topological polar surface area (TPSA) is 45.9 Å². The van der Waals surface area contributed by atoms with E-state index in [1.165, 1.54) is 0 Å². The third-order valence-corrected chi connectivity index (χ3v) is 3.90. The van der Waals surface area contributed by atoms with E-state index in [9.17, 15) is 0 Å². The summed E-state index contributed by atoms with van der Waals surface area (Å²) in [4.78, 5) is 4.55. The normalized spacial score (nSPS) is 11.2. The van der Waals surface area contributed by atoms with Gasteiger partial charge in [-0.1, -0.05) is 38.4 Å². The average Bonchev–Trinajstić information content (AvgIpc) is 2.85. The van der Waals surface area contributed by atoms with Crippen LogP contribution in [-0.2, 0) is 12.0 Å². The van der Waals surface area contributed by atoms with E-state index in [4.69, 9.17) is 21.6 Å². The van der Waals surface area contributed by atoms with Crippen molar-refractivity contribution < 1.29 is 4.74 Å². The van der Waals surface area contributed by atoms with Gasteiger partial charge < -0.3 is 4.74 Å². The fourth-order valence-corrected chi connectivity index (χ4v) is 2.73. The maximum Gasteiger partial charge on any atom is 0.140 e. The fraction of sp³-hybridized carbons (Fsp3) is 0.333. The summed E-state index contributed by atoms with van der Waals surface area (Å²) in [6, 6.07) is 7.23. The van der Waals surface area contributed by atoms with Crippen LogP contribution in [0.25, 0.3) is 0 Å². The van der Waals surface area contributed by atoms with E-state index in [2.05, 4.69) is 31.8 Å². The van der Waals surface area contributed by atoms with Gasteiger partial charge in [0.15, 0.2) is 0 Å². The molecule has 1 aromatic carbocycles. The molecule has 5 heteroatoms. The number of ether oxygens (including phenoxy) is 1. The van der Waals surface area contributed by atoms with E-state index < -0.39 is 0 Å². The minimum Gasteiger partial charge on any atom is -0.485 e. The minimum atomic E-state index is 0.0304. The summed E-state index contributed by atoms with van der Waals surface area (Å²) in [7, 11) is 0. The van der Waals surface area contributed by atoms with Crippen LogP contribution >= 0.6 is 22.9 Å². The molecule has 0 aliphatic carbocycles. The zero-order valence-electron chi connectivity index (χ0n) is 11.6. The summed E-state index contributed by atoms with van der Waals surface area (Å²) in [6.45, 7) is 6.71. The van der Waals surface area contributed by atoms with Gasteiger partial charge in [0.25, 0.3) is 0 Å². The molecule has 0 atom stereocenters. The third kappa shape index (κ3) is 3.30. The Kier molecular flexibility index (Phi) is 4.32. The Hall–Kier alpha value is -1.57. The van der Waals surface area contributed by atoms with E-state index in [1.807, 2.05) is 5.38 Å². The van der Waals surface area contributed by atoms with Crippen molar-refractivity contribution in [1.82, 2.24) is 4.98 Å². The largest absolute Gasteiger partial charge is 0.485 e. The number of benzene rings is 1. The molecule has 0 spiro atoms. The second kappa shape index (κ2) is 5.82. The van der Waals surface area contributed by atoms with Crippen LogP contribution < -0.4 is 4.74 Å². The maximum absolute atomic E-state index is 9.08. The van der Waals surface area contributed by atoms with E-state index in [0.29, 0.717) is 22.9 Å². The van der Waals surface area contributed by atoms with Crippen LogP contribution in [0.3, 0.4) is 0 Å². The summed E-state index contributed by atoms with van der Waals surface area (Å²) in [5.41, 5.74) is 1.44. The number of nitriles is 1. The Morgan fingerprint density at radius 1 is 1.40 bits per heavy atom. The first-order chi connectivity index (χ1) is 9.41. The molecule has 0 amide bonds. The number of aromatic nitrogens is 1. The number of rotatable bonds is 3. The number of hydrogen-bond donors (Lipinski definition) is 0. The Morgan fingerprint density at radius 2 is 2.15 bits per heavy atom. The van der Waals surface area contributed by atoms with Gasteiger partial charge in [-0.15, -0.1) is 11.3 Å². The molecule has 1 heterocycles. The molecule has 0 saturated heterocycles. The second-order valence-corrected chi connectivity index (χ2v) is 6.74. The summed E-state index contributed by atoms with van der Waals surface area (Å²) in [6.07, 6.45) is 0. The molecule has 20 heavy (non-hydrogen) atoms.